The molecule has 19 heavy (non-hydrogen) atoms. The van der Waals surface area contributed by atoms with Crippen molar-refractivity contribution in [1.29, 1.82) is 0 Å². The second kappa shape index (κ2) is 4.66. The van der Waals surface area contributed by atoms with Gasteiger partial charge in [0.25, 0.3) is 0 Å². The topological polar surface area (TPSA) is 76.2 Å². The first-order valence-corrected chi connectivity index (χ1v) is 6.04. The number of hydrogen-bond donors (Lipinski definition) is 1. The molecule has 2 aromatic rings. The minimum Gasteiger partial charge on any atom is -0.478 e. The lowest BCUT2D eigenvalue weighted by Gasteiger charge is -2.11. The molecule has 0 radical (unpaired) electrons. The Morgan fingerprint density at radius 3 is 2.47 bits per heavy atom. The van der Waals surface area contributed by atoms with Gasteiger partial charge in [-0.1, -0.05) is 32.4 Å². The van der Waals surface area contributed by atoms with E-state index in [1.165, 1.54) is 12.1 Å². The Hall–Kier alpha value is -1.88. The highest BCUT2D eigenvalue weighted by molar-refractivity contribution is 6.33. The molecule has 1 heterocycles. The fourth-order valence-corrected chi connectivity index (χ4v) is 1.72. The molecule has 0 saturated heterocycles. The number of rotatable bonds is 2. The first kappa shape index (κ1) is 13.5. The molecule has 0 spiro atoms. The molecule has 5 nitrogen and oxygen atoms in total. The summed E-state index contributed by atoms with van der Waals surface area (Å²) >= 11 is 6.04. The lowest BCUT2D eigenvalue weighted by Crippen LogP contribution is -2.11. The molecule has 0 bridgehead atoms. The molecule has 2 rings (SSSR count). The zero-order valence-electron chi connectivity index (χ0n) is 10.8. The van der Waals surface area contributed by atoms with E-state index in [1.54, 1.807) is 6.07 Å². The lowest BCUT2D eigenvalue weighted by atomic mass is 9.97. The van der Waals surface area contributed by atoms with Crippen LogP contribution in [0, 0.1) is 0 Å². The van der Waals surface area contributed by atoms with Crippen LogP contribution in [0.15, 0.2) is 22.6 Å². The van der Waals surface area contributed by atoms with Gasteiger partial charge in [0.05, 0.1) is 16.1 Å². The Kier molecular flexibility index (Phi) is 3.32. The Morgan fingerprint density at radius 2 is 2.00 bits per heavy atom. The molecule has 0 unspecified atom stereocenters. The van der Waals surface area contributed by atoms with Crippen LogP contribution in [0.1, 0.15) is 37.0 Å². The zero-order chi connectivity index (χ0) is 14.2. The molecule has 0 atom stereocenters. The van der Waals surface area contributed by atoms with Crippen molar-refractivity contribution in [1.82, 2.24) is 10.2 Å². The van der Waals surface area contributed by atoms with Gasteiger partial charge in [-0.2, -0.15) is 0 Å². The van der Waals surface area contributed by atoms with Crippen LogP contribution in [-0.4, -0.2) is 21.3 Å². The minimum atomic E-state index is -1.03. The van der Waals surface area contributed by atoms with Gasteiger partial charge < -0.3 is 9.52 Å². The smallest absolute Gasteiger partial charge is 0.335 e. The Labute approximate surface area is 115 Å². The van der Waals surface area contributed by atoms with Crippen LogP contribution >= 0.6 is 11.6 Å². The monoisotopic (exact) mass is 280 g/mol. The van der Waals surface area contributed by atoms with Crippen molar-refractivity contribution in [3.05, 3.63) is 34.7 Å². The van der Waals surface area contributed by atoms with Crippen molar-refractivity contribution >= 4 is 17.6 Å². The van der Waals surface area contributed by atoms with E-state index in [9.17, 15) is 4.79 Å². The van der Waals surface area contributed by atoms with Crippen LogP contribution in [0.2, 0.25) is 5.02 Å². The summed E-state index contributed by atoms with van der Waals surface area (Å²) in [6, 6.07) is 4.37. The SMILES string of the molecule is CC(C)(C)c1nnc(-c2ccc(C(=O)O)cc2Cl)o1. The Morgan fingerprint density at radius 1 is 1.32 bits per heavy atom. The van der Waals surface area contributed by atoms with Crippen LogP contribution in [0.25, 0.3) is 11.5 Å². The molecule has 0 aliphatic carbocycles. The number of halogens is 1. The van der Waals surface area contributed by atoms with Gasteiger partial charge in [-0.15, -0.1) is 10.2 Å². The van der Waals surface area contributed by atoms with Crippen molar-refractivity contribution in [3.63, 3.8) is 0 Å². The molecule has 100 valence electrons. The molecule has 0 aliphatic heterocycles. The molecule has 1 aromatic heterocycles. The highest BCUT2D eigenvalue weighted by atomic mass is 35.5. The summed E-state index contributed by atoms with van der Waals surface area (Å²) in [5.74, 6) is -0.248. The van der Waals surface area contributed by atoms with E-state index in [2.05, 4.69) is 10.2 Å². The summed E-state index contributed by atoms with van der Waals surface area (Å²) in [5.41, 5.74) is 0.387. The van der Waals surface area contributed by atoms with Gasteiger partial charge in [-0.3, -0.25) is 0 Å². The maximum atomic E-state index is 10.8. The summed E-state index contributed by atoms with van der Waals surface area (Å²) in [6.07, 6.45) is 0. The number of hydrogen-bond acceptors (Lipinski definition) is 4. The molecule has 0 aliphatic rings. The van der Waals surface area contributed by atoms with E-state index in [-0.39, 0.29) is 21.9 Å². The molecule has 0 saturated carbocycles. The Balaban J connectivity index is 2.43. The van der Waals surface area contributed by atoms with Gasteiger partial charge in [0.2, 0.25) is 11.8 Å². The summed E-state index contributed by atoms with van der Waals surface area (Å²) in [5, 5.41) is 17.0. The fourth-order valence-electron chi connectivity index (χ4n) is 1.46. The molecule has 0 fully saturated rings. The maximum Gasteiger partial charge on any atom is 0.335 e. The quantitative estimate of drug-likeness (QED) is 0.912. The first-order chi connectivity index (χ1) is 8.79. The van der Waals surface area contributed by atoms with Gasteiger partial charge in [-0.05, 0) is 18.2 Å². The van der Waals surface area contributed by atoms with E-state index in [0.29, 0.717) is 11.5 Å². The normalized spacial score (nSPS) is 11.6. The van der Waals surface area contributed by atoms with E-state index >= 15 is 0 Å². The van der Waals surface area contributed by atoms with Gasteiger partial charge in [0.15, 0.2) is 0 Å². The van der Waals surface area contributed by atoms with Gasteiger partial charge >= 0.3 is 5.97 Å². The highest BCUT2D eigenvalue weighted by Crippen LogP contribution is 2.30. The average Bonchev–Trinajstić information content (AvgIpc) is 2.77. The van der Waals surface area contributed by atoms with E-state index in [4.69, 9.17) is 21.1 Å². The second-order valence-corrected chi connectivity index (χ2v) is 5.57. The van der Waals surface area contributed by atoms with Crippen molar-refractivity contribution in [2.45, 2.75) is 26.2 Å². The minimum absolute atomic E-state index is 0.115. The number of carboxylic acid groups (broad SMARTS) is 1. The van der Waals surface area contributed by atoms with Crippen molar-refractivity contribution in [2.24, 2.45) is 0 Å². The summed E-state index contributed by atoms with van der Waals surface area (Å²) in [4.78, 5) is 10.8. The molecule has 0 amide bonds. The number of aromatic carboxylic acids is 1. The van der Waals surface area contributed by atoms with Crippen molar-refractivity contribution in [2.75, 3.05) is 0 Å². The first-order valence-electron chi connectivity index (χ1n) is 5.66. The fraction of sp³-hybridized carbons (Fsp3) is 0.308. The molecular weight excluding hydrogens is 268 g/mol. The van der Waals surface area contributed by atoms with E-state index < -0.39 is 5.97 Å². The largest absolute Gasteiger partial charge is 0.478 e. The molecule has 1 N–H and O–H groups in total. The third-order valence-corrected chi connectivity index (χ3v) is 2.83. The molecular formula is C13H13ClN2O3. The number of carbonyl (C=O) groups is 1. The highest BCUT2D eigenvalue weighted by Gasteiger charge is 2.22. The number of nitrogens with zero attached hydrogens (tertiary/aromatic N) is 2. The van der Waals surface area contributed by atoms with Gasteiger partial charge in [0, 0.05) is 5.41 Å². The summed E-state index contributed by atoms with van der Waals surface area (Å²) in [7, 11) is 0. The van der Waals surface area contributed by atoms with Crippen molar-refractivity contribution < 1.29 is 14.3 Å². The lowest BCUT2D eigenvalue weighted by molar-refractivity contribution is 0.0697. The maximum absolute atomic E-state index is 10.8. The zero-order valence-corrected chi connectivity index (χ0v) is 11.5. The molecule has 1 aromatic carbocycles. The Bertz CT molecular complexity index is 629. The average molecular weight is 281 g/mol. The predicted octanol–water partition coefficient (Wildman–Crippen LogP) is 3.39. The van der Waals surface area contributed by atoms with Crippen LogP contribution < -0.4 is 0 Å². The summed E-state index contributed by atoms with van der Waals surface area (Å²) in [6.45, 7) is 5.87. The van der Waals surface area contributed by atoms with Crippen LogP contribution in [0.3, 0.4) is 0 Å². The van der Waals surface area contributed by atoms with Crippen LogP contribution in [-0.2, 0) is 5.41 Å². The van der Waals surface area contributed by atoms with Gasteiger partial charge in [-0.25, -0.2) is 4.79 Å². The van der Waals surface area contributed by atoms with Crippen molar-refractivity contribution in [3.8, 4) is 11.5 Å². The van der Waals surface area contributed by atoms with E-state index in [1.807, 2.05) is 20.8 Å². The summed E-state index contributed by atoms with van der Waals surface area (Å²) < 4.78 is 5.56. The van der Waals surface area contributed by atoms with Gasteiger partial charge in [0.1, 0.15) is 0 Å². The third kappa shape index (κ3) is 2.76. The molecule has 6 heteroatoms. The van der Waals surface area contributed by atoms with Crippen LogP contribution in [0.5, 0.6) is 0 Å². The van der Waals surface area contributed by atoms with E-state index in [0.717, 1.165) is 0 Å². The number of benzene rings is 1. The second-order valence-electron chi connectivity index (χ2n) is 5.16. The van der Waals surface area contributed by atoms with Crippen LogP contribution in [0.4, 0.5) is 0 Å². The standard InChI is InChI=1S/C13H13ClN2O3/c1-13(2,3)12-16-15-10(19-12)8-5-4-7(11(17)18)6-9(8)14/h4-6H,1-3H3,(H,17,18). The third-order valence-electron chi connectivity index (χ3n) is 2.51. The number of aromatic nitrogens is 2. The number of carboxylic acids is 1. The predicted molar refractivity (Wildman–Crippen MR) is 70.4 cm³/mol.